The maximum atomic E-state index is 11.9. The minimum atomic E-state index is -0.245. The molecule has 2 rings (SSSR count). The van der Waals surface area contributed by atoms with E-state index < -0.39 is 0 Å². The van der Waals surface area contributed by atoms with Crippen molar-refractivity contribution in [3.8, 4) is 0 Å². The standard InChI is InChI=1S/C16H15Cl2N3O2/c1-11(22)21(15-8-13(17)7-14(18)9-15)6-5-20-16(23)12-3-2-4-19-10-12/h2-4,7-10H,5-6H2,1H3,(H,20,23). The first-order valence-corrected chi connectivity index (χ1v) is 7.65. The van der Waals surface area contributed by atoms with Crippen LogP contribution in [0.15, 0.2) is 42.7 Å². The van der Waals surface area contributed by atoms with Crippen LogP contribution in [0.2, 0.25) is 10.0 Å². The van der Waals surface area contributed by atoms with Crippen LogP contribution in [0, 0.1) is 0 Å². The van der Waals surface area contributed by atoms with Crippen molar-refractivity contribution in [3.63, 3.8) is 0 Å². The zero-order chi connectivity index (χ0) is 16.8. The molecule has 0 spiro atoms. The lowest BCUT2D eigenvalue weighted by Crippen LogP contribution is -2.37. The van der Waals surface area contributed by atoms with Gasteiger partial charge in [0.15, 0.2) is 0 Å². The fraction of sp³-hybridized carbons (Fsp3) is 0.188. The molecule has 0 saturated carbocycles. The second-order valence-electron chi connectivity index (χ2n) is 4.80. The second kappa shape index (κ2) is 7.94. The summed E-state index contributed by atoms with van der Waals surface area (Å²) >= 11 is 11.9. The van der Waals surface area contributed by atoms with Crippen molar-refractivity contribution in [1.29, 1.82) is 0 Å². The van der Waals surface area contributed by atoms with Crippen LogP contribution in [0.5, 0.6) is 0 Å². The van der Waals surface area contributed by atoms with Gasteiger partial charge in [-0.1, -0.05) is 23.2 Å². The highest BCUT2D eigenvalue weighted by atomic mass is 35.5. The van der Waals surface area contributed by atoms with E-state index in [0.29, 0.717) is 27.8 Å². The van der Waals surface area contributed by atoms with Crippen LogP contribution >= 0.6 is 23.2 Å². The van der Waals surface area contributed by atoms with Gasteiger partial charge in [0.25, 0.3) is 5.91 Å². The second-order valence-corrected chi connectivity index (χ2v) is 5.67. The molecule has 0 bridgehead atoms. The summed E-state index contributed by atoms with van der Waals surface area (Å²) in [5.41, 5.74) is 1.05. The van der Waals surface area contributed by atoms with Gasteiger partial charge in [-0.25, -0.2) is 0 Å². The number of amides is 2. The predicted octanol–water partition coefficient (Wildman–Crippen LogP) is 3.17. The Morgan fingerprint density at radius 3 is 2.48 bits per heavy atom. The van der Waals surface area contributed by atoms with Gasteiger partial charge < -0.3 is 10.2 Å². The third-order valence-corrected chi connectivity index (χ3v) is 3.52. The number of carbonyl (C=O) groups excluding carboxylic acids is 2. The van der Waals surface area contributed by atoms with Crippen molar-refractivity contribution in [2.24, 2.45) is 0 Å². The van der Waals surface area contributed by atoms with Gasteiger partial charge in [0.1, 0.15) is 0 Å². The Bertz CT molecular complexity index is 687. The Morgan fingerprint density at radius 2 is 1.91 bits per heavy atom. The Labute approximate surface area is 144 Å². The molecule has 0 unspecified atom stereocenters. The van der Waals surface area contributed by atoms with E-state index in [0.717, 1.165) is 0 Å². The molecule has 2 aromatic rings. The van der Waals surface area contributed by atoms with Crippen molar-refractivity contribution in [2.45, 2.75) is 6.92 Å². The van der Waals surface area contributed by atoms with Crippen molar-refractivity contribution in [2.75, 3.05) is 18.0 Å². The van der Waals surface area contributed by atoms with Crippen LogP contribution in [0.4, 0.5) is 5.69 Å². The molecule has 5 nitrogen and oxygen atoms in total. The van der Waals surface area contributed by atoms with E-state index >= 15 is 0 Å². The minimum Gasteiger partial charge on any atom is -0.350 e. The summed E-state index contributed by atoms with van der Waals surface area (Å²) in [6.45, 7) is 2.03. The molecular formula is C16H15Cl2N3O2. The van der Waals surface area contributed by atoms with Crippen LogP contribution in [-0.4, -0.2) is 29.9 Å². The number of carbonyl (C=O) groups is 2. The Hall–Kier alpha value is -2.11. The lowest BCUT2D eigenvalue weighted by molar-refractivity contribution is -0.116. The summed E-state index contributed by atoms with van der Waals surface area (Å²) in [4.78, 5) is 29.2. The number of hydrogen-bond donors (Lipinski definition) is 1. The largest absolute Gasteiger partial charge is 0.350 e. The van der Waals surface area contributed by atoms with E-state index in [2.05, 4.69) is 10.3 Å². The van der Waals surface area contributed by atoms with E-state index in [4.69, 9.17) is 23.2 Å². The van der Waals surface area contributed by atoms with Gasteiger partial charge in [0.2, 0.25) is 5.91 Å². The molecule has 0 saturated heterocycles. The van der Waals surface area contributed by atoms with Crippen LogP contribution in [0.25, 0.3) is 0 Å². The third kappa shape index (κ3) is 4.94. The topological polar surface area (TPSA) is 62.3 Å². The monoisotopic (exact) mass is 351 g/mol. The molecule has 1 N–H and O–H groups in total. The molecule has 1 aromatic heterocycles. The van der Waals surface area contributed by atoms with Crippen molar-refractivity contribution >= 4 is 40.7 Å². The fourth-order valence-electron chi connectivity index (χ4n) is 2.04. The van der Waals surface area contributed by atoms with E-state index in [1.54, 1.807) is 36.5 Å². The van der Waals surface area contributed by atoms with Gasteiger partial charge >= 0.3 is 0 Å². The van der Waals surface area contributed by atoms with Crippen LogP contribution in [-0.2, 0) is 4.79 Å². The van der Waals surface area contributed by atoms with Gasteiger partial charge in [0.05, 0.1) is 5.56 Å². The van der Waals surface area contributed by atoms with Gasteiger partial charge in [0, 0.05) is 48.1 Å². The Morgan fingerprint density at radius 1 is 1.22 bits per heavy atom. The van der Waals surface area contributed by atoms with Crippen LogP contribution in [0.3, 0.4) is 0 Å². The predicted molar refractivity (Wildman–Crippen MR) is 91.1 cm³/mol. The highest BCUT2D eigenvalue weighted by Crippen LogP contribution is 2.25. The minimum absolute atomic E-state index is 0.168. The smallest absolute Gasteiger partial charge is 0.252 e. The summed E-state index contributed by atoms with van der Waals surface area (Å²) in [5, 5.41) is 3.63. The molecular weight excluding hydrogens is 337 g/mol. The van der Waals surface area contributed by atoms with Gasteiger partial charge in [-0.2, -0.15) is 0 Å². The summed E-state index contributed by atoms with van der Waals surface area (Å²) in [6, 6.07) is 8.25. The quantitative estimate of drug-likeness (QED) is 0.899. The molecule has 0 aliphatic carbocycles. The number of hydrogen-bond acceptors (Lipinski definition) is 3. The molecule has 0 aliphatic rings. The number of aromatic nitrogens is 1. The van der Waals surface area contributed by atoms with E-state index in [1.165, 1.54) is 18.0 Å². The molecule has 0 aliphatic heterocycles. The van der Waals surface area contributed by atoms with Gasteiger partial charge in [-0.3, -0.25) is 14.6 Å². The summed E-state index contributed by atoms with van der Waals surface area (Å²) in [7, 11) is 0. The zero-order valence-corrected chi connectivity index (χ0v) is 13.9. The SMILES string of the molecule is CC(=O)N(CCNC(=O)c1cccnc1)c1cc(Cl)cc(Cl)c1. The molecule has 1 aromatic carbocycles. The number of pyridine rings is 1. The number of rotatable bonds is 5. The first-order chi connectivity index (χ1) is 11.0. The zero-order valence-electron chi connectivity index (χ0n) is 12.4. The van der Waals surface area contributed by atoms with E-state index in [1.807, 2.05) is 0 Å². The van der Waals surface area contributed by atoms with Crippen molar-refractivity contribution < 1.29 is 9.59 Å². The lowest BCUT2D eigenvalue weighted by atomic mass is 10.2. The summed E-state index contributed by atoms with van der Waals surface area (Å²) in [6.07, 6.45) is 3.08. The number of nitrogens with zero attached hydrogens (tertiary/aromatic N) is 2. The Balaban J connectivity index is 2.01. The normalized spacial score (nSPS) is 10.2. The van der Waals surface area contributed by atoms with Gasteiger partial charge in [-0.15, -0.1) is 0 Å². The average molecular weight is 352 g/mol. The third-order valence-electron chi connectivity index (χ3n) is 3.08. The summed E-state index contributed by atoms with van der Waals surface area (Å²) in [5.74, 6) is -0.412. The first kappa shape index (κ1) is 17.2. The lowest BCUT2D eigenvalue weighted by Gasteiger charge is -2.22. The highest BCUT2D eigenvalue weighted by molar-refractivity contribution is 6.35. The molecule has 7 heteroatoms. The van der Waals surface area contributed by atoms with Crippen LogP contribution < -0.4 is 10.2 Å². The number of halogens is 2. The first-order valence-electron chi connectivity index (χ1n) is 6.90. The molecule has 23 heavy (non-hydrogen) atoms. The fourth-order valence-corrected chi connectivity index (χ4v) is 2.56. The van der Waals surface area contributed by atoms with Crippen molar-refractivity contribution in [1.82, 2.24) is 10.3 Å². The van der Waals surface area contributed by atoms with E-state index in [-0.39, 0.29) is 18.4 Å². The molecule has 0 fully saturated rings. The molecule has 1 heterocycles. The van der Waals surface area contributed by atoms with Gasteiger partial charge in [-0.05, 0) is 30.3 Å². The molecule has 2 amide bonds. The van der Waals surface area contributed by atoms with Crippen molar-refractivity contribution in [3.05, 3.63) is 58.3 Å². The number of nitrogens with one attached hydrogen (secondary N) is 1. The Kier molecular flexibility index (Phi) is 5.96. The number of benzene rings is 1. The molecule has 0 radical (unpaired) electrons. The van der Waals surface area contributed by atoms with E-state index in [9.17, 15) is 9.59 Å². The average Bonchev–Trinajstić information content (AvgIpc) is 2.50. The maximum Gasteiger partial charge on any atom is 0.252 e. The van der Waals surface area contributed by atoms with Crippen LogP contribution in [0.1, 0.15) is 17.3 Å². The number of anilines is 1. The molecule has 0 atom stereocenters. The maximum absolute atomic E-state index is 11.9. The summed E-state index contributed by atoms with van der Waals surface area (Å²) < 4.78 is 0. The molecule has 120 valence electrons. The highest BCUT2D eigenvalue weighted by Gasteiger charge is 2.13.